The molecular formula is C9H15NO3. The Morgan fingerprint density at radius 3 is 2.31 bits per heavy atom. The molecule has 0 spiro atoms. The summed E-state index contributed by atoms with van der Waals surface area (Å²) < 4.78 is 5.08. The predicted octanol–water partition coefficient (Wildman–Crippen LogP) is 0.917. The molecule has 1 fully saturated rings. The zero-order valence-corrected chi connectivity index (χ0v) is 7.57. The number of ether oxygens (including phenoxy) is 1. The van der Waals surface area contributed by atoms with Gasteiger partial charge in [0.2, 0.25) is 0 Å². The van der Waals surface area contributed by atoms with Crippen LogP contribution in [-0.2, 0) is 14.4 Å². The van der Waals surface area contributed by atoms with Crippen LogP contribution in [0.2, 0.25) is 0 Å². The van der Waals surface area contributed by atoms with Gasteiger partial charge in [0.1, 0.15) is 6.10 Å². The average molecular weight is 185 g/mol. The lowest BCUT2D eigenvalue weighted by molar-refractivity contribution is -0.146. The van der Waals surface area contributed by atoms with Crippen LogP contribution in [0.5, 0.6) is 0 Å². The second-order valence-electron chi connectivity index (χ2n) is 3.18. The highest BCUT2D eigenvalue weighted by atomic mass is 16.6. The molecule has 1 aliphatic rings. The standard InChI is InChI=1S/C9H15NO3/c1-2-9(11)12-7-3-5-8(13-10)6-4-7/h2,7-8H,1,3-6,10H2. The van der Waals surface area contributed by atoms with Gasteiger partial charge < -0.3 is 9.57 Å². The SMILES string of the molecule is C=CC(=O)OC1CCC(ON)CC1. The molecule has 0 unspecified atom stereocenters. The molecular weight excluding hydrogens is 170 g/mol. The van der Waals surface area contributed by atoms with Crippen molar-refractivity contribution in [1.82, 2.24) is 0 Å². The van der Waals surface area contributed by atoms with Crippen molar-refractivity contribution in [2.45, 2.75) is 37.9 Å². The van der Waals surface area contributed by atoms with Crippen LogP contribution < -0.4 is 5.90 Å². The zero-order chi connectivity index (χ0) is 9.68. The third kappa shape index (κ3) is 3.16. The molecule has 0 atom stereocenters. The summed E-state index contributed by atoms with van der Waals surface area (Å²) in [6, 6.07) is 0. The minimum atomic E-state index is -0.350. The van der Waals surface area contributed by atoms with E-state index in [1.54, 1.807) is 0 Å². The van der Waals surface area contributed by atoms with Crippen molar-refractivity contribution in [3.05, 3.63) is 12.7 Å². The fourth-order valence-electron chi connectivity index (χ4n) is 1.50. The molecule has 1 rings (SSSR count). The molecule has 0 radical (unpaired) electrons. The van der Waals surface area contributed by atoms with Crippen LogP contribution >= 0.6 is 0 Å². The van der Waals surface area contributed by atoms with Gasteiger partial charge in [0.05, 0.1) is 6.10 Å². The van der Waals surface area contributed by atoms with Gasteiger partial charge in [-0.3, -0.25) is 0 Å². The summed E-state index contributed by atoms with van der Waals surface area (Å²) in [6.07, 6.45) is 4.67. The molecule has 0 aromatic carbocycles. The van der Waals surface area contributed by atoms with Crippen molar-refractivity contribution in [1.29, 1.82) is 0 Å². The Morgan fingerprint density at radius 2 is 1.85 bits per heavy atom. The summed E-state index contributed by atoms with van der Waals surface area (Å²) in [7, 11) is 0. The molecule has 0 bridgehead atoms. The van der Waals surface area contributed by atoms with Gasteiger partial charge in [-0.1, -0.05) is 6.58 Å². The van der Waals surface area contributed by atoms with Crippen LogP contribution in [0, 0.1) is 0 Å². The average Bonchev–Trinajstić information content (AvgIpc) is 2.19. The van der Waals surface area contributed by atoms with Crippen molar-refractivity contribution < 1.29 is 14.4 Å². The molecule has 13 heavy (non-hydrogen) atoms. The lowest BCUT2D eigenvalue weighted by atomic mass is 9.95. The summed E-state index contributed by atoms with van der Waals surface area (Å²) in [6.45, 7) is 3.34. The Balaban J connectivity index is 2.24. The van der Waals surface area contributed by atoms with Crippen LogP contribution in [0.25, 0.3) is 0 Å². The van der Waals surface area contributed by atoms with Crippen molar-refractivity contribution in [2.24, 2.45) is 5.90 Å². The highest BCUT2D eigenvalue weighted by Gasteiger charge is 2.23. The minimum absolute atomic E-state index is 0.0110. The molecule has 1 aliphatic carbocycles. The third-order valence-corrected chi connectivity index (χ3v) is 2.26. The smallest absolute Gasteiger partial charge is 0.330 e. The topological polar surface area (TPSA) is 61.5 Å². The number of rotatable bonds is 3. The Morgan fingerprint density at radius 1 is 1.31 bits per heavy atom. The monoisotopic (exact) mass is 185 g/mol. The number of hydrogen-bond acceptors (Lipinski definition) is 4. The number of carbonyl (C=O) groups is 1. The van der Waals surface area contributed by atoms with Crippen molar-refractivity contribution in [3.8, 4) is 0 Å². The van der Waals surface area contributed by atoms with E-state index in [-0.39, 0.29) is 18.2 Å². The molecule has 0 heterocycles. The molecule has 4 nitrogen and oxygen atoms in total. The Bertz CT molecular complexity index is 185. The first-order chi connectivity index (χ1) is 6.26. The summed E-state index contributed by atoms with van der Waals surface area (Å²) in [5.41, 5.74) is 0. The molecule has 0 saturated heterocycles. The number of hydrogen-bond donors (Lipinski definition) is 1. The van der Waals surface area contributed by atoms with E-state index in [1.165, 1.54) is 6.08 Å². The summed E-state index contributed by atoms with van der Waals surface area (Å²) in [5, 5.41) is 0. The number of nitrogens with two attached hydrogens (primary N) is 1. The van der Waals surface area contributed by atoms with Crippen LogP contribution in [-0.4, -0.2) is 18.2 Å². The van der Waals surface area contributed by atoms with Gasteiger partial charge in [0.15, 0.2) is 0 Å². The highest BCUT2D eigenvalue weighted by molar-refractivity contribution is 5.81. The molecule has 1 saturated carbocycles. The minimum Gasteiger partial charge on any atom is -0.459 e. The van der Waals surface area contributed by atoms with E-state index in [0.717, 1.165) is 25.7 Å². The van der Waals surface area contributed by atoms with E-state index in [4.69, 9.17) is 15.5 Å². The third-order valence-electron chi connectivity index (χ3n) is 2.26. The quantitative estimate of drug-likeness (QED) is 0.403. The Labute approximate surface area is 77.6 Å². The normalized spacial score (nSPS) is 28.1. The second-order valence-corrected chi connectivity index (χ2v) is 3.18. The second kappa shape index (κ2) is 4.99. The van der Waals surface area contributed by atoms with Crippen molar-refractivity contribution in [3.63, 3.8) is 0 Å². The van der Waals surface area contributed by atoms with Crippen LogP contribution in [0.1, 0.15) is 25.7 Å². The van der Waals surface area contributed by atoms with E-state index in [0.29, 0.717) is 0 Å². The first kappa shape index (κ1) is 10.2. The largest absolute Gasteiger partial charge is 0.459 e. The lowest BCUT2D eigenvalue weighted by Crippen LogP contribution is -2.29. The Kier molecular flexibility index (Phi) is 3.92. The lowest BCUT2D eigenvalue weighted by Gasteiger charge is -2.26. The van der Waals surface area contributed by atoms with Crippen molar-refractivity contribution in [2.75, 3.05) is 0 Å². The molecule has 0 amide bonds. The van der Waals surface area contributed by atoms with Gasteiger partial charge in [0.25, 0.3) is 0 Å². The van der Waals surface area contributed by atoms with E-state index in [2.05, 4.69) is 6.58 Å². The molecule has 4 heteroatoms. The fraction of sp³-hybridized carbons (Fsp3) is 0.667. The van der Waals surface area contributed by atoms with Crippen LogP contribution in [0.3, 0.4) is 0 Å². The summed E-state index contributed by atoms with van der Waals surface area (Å²) >= 11 is 0. The van der Waals surface area contributed by atoms with E-state index in [1.807, 2.05) is 0 Å². The van der Waals surface area contributed by atoms with Crippen molar-refractivity contribution >= 4 is 5.97 Å². The van der Waals surface area contributed by atoms with E-state index in [9.17, 15) is 4.79 Å². The maximum absolute atomic E-state index is 10.8. The molecule has 2 N–H and O–H groups in total. The van der Waals surface area contributed by atoms with Gasteiger partial charge in [-0.2, -0.15) is 0 Å². The Hall–Kier alpha value is -0.870. The summed E-state index contributed by atoms with van der Waals surface area (Å²) in [5.74, 6) is 4.70. The van der Waals surface area contributed by atoms with Crippen LogP contribution in [0.15, 0.2) is 12.7 Å². The molecule has 74 valence electrons. The molecule has 0 aromatic heterocycles. The fourth-order valence-corrected chi connectivity index (χ4v) is 1.50. The van der Waals surface area contributed by atoms with Gasteiger partial charge >= 0.3 is 5.97 Å². The number of carbonyl (C=O) groups excluding carboxylic acids is 1. The van der Waals surface area contributed by atoms with E-state index >= 15 is 0 Å². The molecule has 0 aliphatic heterocycles. The van der Waals surface area contributed by atoms with Gasteiger partial charge in [-0.25, -0.2) is 10.7 Å². The predicted molar refractivity (Wildman–Crippen MR) is 47.6 cm³/mol. The highest BCUT2D eigenvalue weighted by Crippen LogP contribution is 2.22. The zero-order valence-electron chi connectivity index (χ0n) is 7.57. The summed E-state index contributed by atoms with van der Waals surface area (Å²) in [4.78, 5) is 15.5. The van der Waals surface area contributed by atoms with E-state index < -0.39 is 0 Å². The maximum Gasteiger partial charge on any atom is 0.330 e. The first-order valence-corrected chi connectivity index (χ1v) is 4.45. The van der Waals surface area contributed by atoms with Gasteiger partial charge in [-0.05, 0) is 25.7 Å². The maximum atomic E-state index is 10.8. The van der Waals surface area contributed by atoms with Gasteiger partial charge in [0, 0.05) is 6.08 Å². The first-order valence-electron chi connectivity index (χ1n) is 4.45. The number of esters is 1. The van der Waals surface area contributed by atoms with Gasteiger partial charge in [-0.15, -0.1) is 0 Å². The van der Waals surface area contributed by atoms with Crippen LogP contribution in [0.4, 0.5) is 0 Å². The molecule has 0 aromatic rings.